The maximum absolute atomic E-state index is 13.2. The summed E-state index contributed by atoms with van der Waals surface area (Å²) < 4.78 is 77.9. The van der Waals surface area contributed by atoms with Crippen LogP contribution in [0.3, 0.4) is 0 Å². The first kappa shape index (κ1) is 21.2. The highest BCUT2D eigenvalue weighted by molar-refractivity contribution is 5.96. The smallest absolute Gasteiger partial charge is 0.349 e. The van der Waals surface area contributed by atoms with Crippen LogP contribution in [-0.2, 0) is 12.4 Å². The summed E-state index contributed by atoms with van der Waals surface area (Å²) >= 11 is 0. The second kappa shape index (κ2) is 8.08. The number of carbonyl (C=O) groups is 1. The second-order valence-corrected chi connectivity index (χ2v) is 7.13. The van der Waals surface area contributed by atoms with Gasteiger partial charge in [0.25, 0.3) is 5.91 Å². The van der Waals surface area contributed by atoms with Crippen LogP contribution in [0.5, 0.6) is 0 Å². The van der Waals surface area contributed by atoms with Gasteiger partial charge in [0, 0.05) is 12.0 Å². The van der Waals surface area contributed by atoms with Crippen LogP contribution in [0.15, 0.2) is 48.5 Å². The lowest BCUT2D eigenvalue weighted by Gasteiger charge is -2.33. The highest BCUT2D eigenvalue weighted by Crippen LogP contribution is 2.36. The predicted octanol–water partition coefficient (Wildman–Crippen LogP) is 6.18. The first-order valence-corrected chi connectivity index (χ1v) is 9.21. The number of alkyl halides is 6. The van der Waals surface area contributed by atoms with Crippen molar-refractivity contribution < 1.29 is 31.1 Å². The molecule has 2 aromatic carbocycles. The minimum atomic E-state index is -4.66. The Balaban J connectivity index is 1.82. The average Bonchev–Trinajstić information content (AvgIpc) is 2.67. The van der Waals surface area contributed by atoms with Crippen LogP contribution >= 0.6 is 0 Å². The number of nitrogens with one attached hydrogen (secondary N) is 1. The fourth-order valence-corrected chi connectivity index (χ4v) is 3.80. The van der Waals surface area contributed by atoms with Crippen molar-refractivity contribution in [1.29, 1.82) is 0 Å². The van der Waals surface area contributed by atoms with E-state index in [4.69, 9.17) is 0 Å². The molecule has 1 fully saturated rings. The second-order valence-electron chi connectivity index (χ2n) is 7.13. The Kier molecular flexibility index (Phi) is 5.91. The van der Waals surface area contributed by atoms with Gasteiger partial charge in [-0.1, -0.05) is 37.1 Å². The molecule has 1 N–H and O–H groups in total. The van der Waals surface area contributed by atoms with Gasteiger partial charge in [-0.05, 0) is 42.7 Å². The normalized spacial score (nSPS) is 20.3. The van der Waals surface area contributed by atoms with Gasteiger partial charge in [0.15, 0.2) is 0 Å². The molecule has 0 heterocycles. The van der Waals surface area contributed by atoms with E-state index in [1.807, 2.05) is 0 Å². The molecule has 0 radical (unpaired) electrons. The third kappa shape index (κ3) is 4.92. The summed E-state index contributed by atoms with van der Waals surface area (Å²) in [4.78, 5) is 12.6. The molecular weight excluding hydrogens is 396 g/mol. The molecule has 29 heavy (non-hydrogen) atoms. The van der Waals surface area contributed by atoms with E-state index in [2.05, 4.69) is 5.32 Å². The van der Waals surface area contributed by atoms with Crippen molar-refractivity contribution in [2.24, 2.45) is 0 Å². The van der Waals surface area contributed by atoms with Crippen molar-refractivity contribution in [3.05, 3.63) is 70.8 Å². The Morgan fingerprint density at radius 3 is 2.07 bits per heavy atom. The van der Waals surface area contributed by atoms with Crippen LogP contribution in [0.25, 0.3) is 0 Å². The number of carbonyl (C=O) groups excluding carboxylic acids is 1. The molecule has 156 valence electrons. The molecule has 2 atom stereocenters. The number of amides is 1. The van der Waals surface area contributed by atoms with Gasteiger partial charge >= 0.3 is 12.4 Å². The zero-order chi connectivity index (χ0) is 21.2. The summed E-state index contributed by atoms with van der Waals surface area (Å²) in [5.74, 6) is -1.09. The van der Waals surface area contributed by atoms with Gasteiger partial charge < -0.3 is 5.32 Å². The Hall–Kier alpha value is -2.51. The summed E-state index contributed by atoms with van der Waals surface area (Å²) in [5, 5.41) is 2.68. The first-order chi connectivity index (χ1) is 13.6. The van der Waals surface area contributed by atoms with Gasteiger partial charge in [0.2, 0.25) is 0 Å². The van der Waals surface area contributed by atoms with Gasteiger partial charge in [-0.3, -0.25) is 4.79 Å². The van der Waals surface area contributed by atoms with E-state index in [0.717, 1.165) is 37.1 Å². The first-order valence-electron chi connectivity index (χ1n) is 9.21. The zero-order valence-electron chi connectivity index (χ0n) is 15.3. The van der Waals surface area contributed by atoms with Crippen molar-refractivity contribution in [2.75, 3.05) is 0 Å². The Bertz CT molecular complexity index is 857. The Morgan fingerprint density at radius 1 is 0.828 bits per heavy atom. The van der Waals surface area contributed by atoms with Crippen LogP contribution in [0, 0.1) is 0 Å². The monoisotopic (exact) mass is 415 g/mol. The summed E-state index contributed by atoms with van der Waals surface area (Å²) in [5.41, 5.74) is -1.61. The Morgan fingerprint density at radius 2 is 1.45 bits per heavy atom. The third-order valence-corrected chi connectivity index (χ3v) is 5.23. The van der Waals surface area contributed by atoms with Crippen LogP contribution in [0.2, 0.25) is 0 Å². The zero-order valence-corrected chi connectivity index (χ0v) is 15.3. The maximum Gasteiger partial charge on any atom is 0.417 e. The molecule has 3 rings (SSSR count). The molecule has 1 amide bonds. The molecule has 2 nitrogen and oxygen atoms in total. The predicted molar refractivity (Wildman–Crippen MR) is 95.4 cm³/mol. The van der Waals surface area contributed by atoms with Crippen LogP contribution in [0.4, 0.5) is 26.3 Å². The molecule has 0 unspecified atom stereocenters. The largest absolute Gasteiger partial charge is 0.417 e. The van der Waals surface area contributed by atoms with Crippen molar-refractivity contribution in [2.45, 2.75) is 50.0 Å². The van der Waals surface area contributed by atoms with E-state index >= 15 is 0 Å². The van der Waals surface area contributed by atoms with Gasteiger partial charge in [0.1, 0.15) is 0 Å². The van der Waals surface area contributed by atoms with Gasteiger partial charge in [-0.2, -0.15) is 26.3 Å². The number of halogens is 6. The SMILES string of the molecule is O=C(N[C@@H]1CCCC[C@H]1c1ccc(C(F)(F)F)cc1)c1ccccc1C(F)(F)F. The lowest BCUT2D eigenvalue weighted by molar-refractivity contribution is -0.138. The molecule has 0 spiro atoms. The van der Waals surface area contributed by atoms with Crippen molar-refractivity contribution in [1.82, 2.24) is 5.32 Å². The molecule has 0 aliphatic heterocycles. The average molecular weight is 415 g/mol. The number of rotatable bonds is 3. The fourth-order valence-electron chi connectivity index (χ4n) is 3.80. The highest BCUT2D eigenvalue weighted by Gasteiger charge is 2.36. The van der Waals surface area contributed by atoms with Crippen LogP contribution < -0.4 is 5.32 Å². The van der Waals surface area contributed by atoms with Gasteiger partial charge in [-0.25, -0.2) is 0 Å². The molecule has 0 bridgehead atoms. The van der Waals surface area contributed by atoms with E-state index in [0.29, 0.717) is 18.4 Å². The van der Waals surface area contributed by atoms with E-state index in [1.165, 1.54) is 24.3 Å². The minimum Gasteiger partial charge on any atom is -0.349 e. The number of benzene rings is 2. The van der Waals surface area contributed by atoms with Crippen LogP contribution in [0.1, 0.15) is 58.6 Å². The lowest BCUT2D eigenvalue weighted by Crippen LogP contribution is -2.41. The van der Waals surface area contributed by atoms with Gasteiger partial charge in [0.05, 0.1) is 16.7 Å². The molecule has 0 saturated heterocycles. The van der Waals surface area contributed by atoms with Crippen molar-refractivity contribution in [3.63, 3.8) is 0 Å². The topological polar surface area (TPSA) is 29.1 Å². The van der Waals surface area contributed by atoms with Crippen LogP contribution in [-0.4, -0.2) is 11.9 Å². The molecule has 2 aromatic rings. The summed E-state index contributed by atoms with van der Waals surface area (Å²) in [6, 6.07) is 8.82. The molecule has 1 saturated carbocycles. The molecule has 1 aliphatic rings. The van der Waals surface area contributed by atoms with E-state index in [1.54, 1.807) is 0 Å². The van der Waals surface area contributed by atoms with E-state index < -0.39 is 41.0 Å². The van der Waals surface area contributed by atoms with Crippen molar-refractivity contribution >= 4 is 5.91 Å². The van der Waals surface area contributed by atoms with E-state index in [9.17, 15) is 31.1 Å². The molecular formula is C21H19F6NO. The number of hydrogen-bond donors (Lipinski definition) is 1. The maximum atomic E-state index is 13.2. The quantitative estimate of drug-likeness (QED) is 0.596. The van der Waals surface area contributed by atoms with E-state index in [-0.39, 0.29) is 5.92 Å². The van der Waals surface area contributed by atoms with Gasteiger partial charge in [-0.15, -0.1) is 0 Å². The molecule has 8 heteroatoms. The van der Waals surface area contributed by atoms with Crippen molar-refractivity contribution in [3.8, 4) is 0 Å². The summed E-state index contributed by atoms with van der Waals surface area (Å²) in [7, 11) is 0. The standard InChI is InChI=1S/C21H19F6NO/c22-20(23,24)14-11-9-13(10-12-14)15-5-2-4-8-18(15)28-19(29)16-6-1-3-7-17(16)21(25,26)27/h1,3,6-7,9-12,15,18H,2,4-5,8H2,(H,28,29)/t15-,18+/m0/s1. The minimum absolute atomic E-state index is 0.256. The lowest BCUT2D eigenvalue weighted by atomic mass is 9.79. The Labute approximate surface area is 163 Å². The fraction of sp³-hybridized carbons (Fsp3) is 0.381. The summed E-state index contributed by atoms with van der Waals surface area (Å²) in [6.07, 6.45) is -6.31. The highest BCUT2D eigenvalue weighted by atomic mass is 19.4. The number of hydrogen-bond acceptors (Lipinski definition) is 1. The third-order valence-electron chi connectivity index (χ3n) is 5.23. The molecule has 1 aliphatic carbocycles. The summed E-state index contributed by atoms with van der Waals surface area (Å²) in [6.45, 7) is 0. The molecule has 0 aromatic heterocycles.